The number of carbonyl (C=O) groups is 3. The number of hydrogen-bond acceptors (Lipinski definition) is 7. The fourth-order valence-electron chi connectivity index (χ4n) is 3.63. The predicted octanol–water partition coefficient (Wildman–Crippen LogP) is 2.97. The molecule has 3 atom stereocenters. The fourth-order valence-corrected chi connectivity index (χ4v) is 5.89. The Morgan fingerprint density at radius 1 is 1.25 bits per heavy atom. The lowest BCUT2D eigenvalue weighted by Crippen LogP contribution is -2.53. The molecule has 0 saturated carbocycles. The molecule has 0 radical (unpaired) electrons. The molecule has 0 bridgehead atoms. The Bertz CT molecular complexity index is 891. The highest BCUT2D eigenvalue weighted by atomic mass is 32.2. The van der Waals surface area contributed by atoms with Gasteiger partial charge >= 0.3 is 11.9 Å². The van der Waals surface area contributed by atoms with Crippen LogP contribution in [0.1, 0.15) is 29.0 Å². The summed E-state index contributed by atoms with van der Waals surface area (Å²) in [5, 5.41) is 14.5. The molecule has 1 amide bonds. The van der Waals surface area contributed by atoms with Crippen LogP contribution in [0.25, 0.3) is 0 Å². The second kappa shape index (κ2) is 12.0. The highest BCUT2D eigenvalue weighted by molar-refractivity contribution is 7.99. The molecule has 1 aliphatic rings. The largest absolute Gasteiger partial charge is 0.480 e. The van der Waals surface area contributed by atoms with E-state index < -0.39 is 24.0 Å². The van der Waals surface area contributed by atoms with E-state index >= 15 is 0 Å². The Morgan fingerprint density at radius 2 is 2.03 bits per heavy atom. The molecular weight excluding hydrogens is 448 g/mol. The van der Waals surface area contributed by atoms with Crippen molar-refractivity contribution in [2.75, 3.05) is 25.4 Å². The number of carbonyl (C=O) groups excluding carboxylic acids is 2. The van der Waals surface area contributed by atoms with Crippen LogP contribution in [0.4, 0.5) is 0 Å². The van der Waals surface area contributed by atoms with Crippen molar-refractivity contribution in [3.8, 4) is 0 Å². The van der Waals surface area contributed by atoms with E-state index in [4.69, 9.17) is 4.74 Å². The Morgan fingerprint density at radius 3 is 2.69 bits per heavy atom. The Balaban J connectivity index is 1.75. The van der Waals surface area contributed by atoms with Crippen molar-refractivity contribution in [3.05, 3.63) is 58.3 Å². The second-order valence-electron chi connectivity index (χ2n) is 7.50. The van der Waals surface area contributed by atoms with Gasteiger partial charge in [-0.3, -0.25) is 19.7 Å². The summed E-state index contributed by atoms with van der Waals surface area (Å²) >= 11 is 3.20. The van der Waals surface area contributed by atoms with Gasteiger partial charge in [0.25, 0.3) is 0 Å². The minimum absolute atomic E-state index is 0.00420. The number of ether oxygens (including phenoxy) is 1. The van der Waals surface area contributed by atoms with Gasteiger partial charge in [0.15, 0.2) is 0 Å². The standard InChI is InChI=1S/C23H28N2O5S2/c1-2-30-23(29)17(11-10-16-7-4-3-5-8-16)24-18-15-32-20(19-9-6-12-31-19)13-25(22(18)28)14-21(26)27/h3-9,12,17-18,20,24H,2,10-11,13-15H2,1H3,(H,26,27)/t17-,18-,20?/m0/s1. The van der Waals surface area contributed by atoms with Gasteiger partial charge in [0, 0.05) is 17.2 Å². The van der Waals surface area contributed by atoms with Gasteiger partial charge in [0.2, 0.25) is 5.91 Å². The van der Waals surface area contributed by atoms with Crippen LogP contribution in [0, 0.1) is 0 Å². The molecular formula is C23H28N2O5S2. The van der Waals surface area contributed by atoms with E-state index in [1.807, 2.05) is 47.8 Å². The maximum Gasteiger partial charge on any atom is 0.323 e. The molecule has 1 aliphatic heterocycles. The Labute approximate surface area is 196 Å². The van der Waals surface area contributed by atoms with Crippen molar-refractivity contribution in [1.82, 2.24) is 10.2 Å². The molecule has 0 aliphatic carbocycles. The van der Waals surface area contributed by atoms with E-state index in [0.29, 0.717) is 25.1 Å². The van der Waals surface area contributed by atoms with Crippen LogP contribution in [0.2, 0.25) is 0 Å². The van der Waals surface area contributed by atoms with Gasteiger partial charge in [-0.05, 0) is 36.8 Å². The first-order chi connectivity index (χ1) is 15.5. The molecule has 32 heavy (non-hydrogen) atoms. The van der Waals surface area contributed by atoms with Crippen LogP contribution < -0.4 is 5.32 Å². The van der Waals surface area contributed by atoms with E-state index in [9.17, 15) is 19.5 Å². The summed E-state index contributed by atoms with van der Waals surface area (Å²) in [6.45, 7) is 1.95. The van der Waals surface area contributed by atoms with Crippen LogP contribution in [0.15, 0.2) is 47.8 Å². The summed E-state index contributed by atoms with van der Waals surface area (Å²) in [6, 6.07) is 12.4. The number of rotatable bonds is 10. The molecule has 1 saturated heterocycles. The predicted molar refractivity (Wildman–Crippen MR) is 126 cm³/mol. The summed E-state index contributed by atoms with van der Waals surface area (Å²) in [4.78, 5) is 39.7. The number of amides is 1. The van der Waals surface area contributed by atoms with Gasteiger partial charge in [-0.25, -0.2) is 0 Å². The zero-order valence-electron chi connectivity index (χ0n) is 17.9. The van der Waals surface area contributed by atoms with Crippen molar-refractivity contribution in [2.45, 2.75) is 37.1 Å². The molecule has 1 unspecified atom stereocenters. The number of thiophene rings is 1. The van der Waals surface area contributed by atoms with Gasteiger partial charge in [-0.1, -0.05) is 36.4 Å². The van der Waals surface area contributed by atoms with Crippen molar-refractivity contribution in [3.63, 3.8) is 0 Å². The lowest BCUT2D eigenvalue weighted by molar-refractivity contribution is -0.148. The smallest absolute Gasteiger partial charge is 0.323 e. The third-order valence-corrected chi connectivity index (χ3v) is 7.65. The highest BCUT2D eigenvalue weighted by Gasteiger charge is 2.36. The van der Waals surface area contributed by atoms with Crippen molar-refractivity contribution >= 4 is 40.9 Å². The number of carboxylic acid groups (broad SMARTS) is 1. The van der Waals surface area contributed by atoms with Gasteiger partial charge in [-0.2, -0.15) is 0 Å². The minimum Gasteiger partial charge on any atom is -0.480 e. The van der Waals surface area contributed by atoms with Gasteiger partial charge < -0.3 is 14.7 Å². The lowest BCUT2D eigenvalue weighted by atomic mass is 10.0. The molecule has 2 heterocycles. The van der Waals surface area contributed by atoms with Crippen LogP contribution in [0.3, 0.4) is 0 Å². The van der Waals surface area contributed by atoms with Gasteiger partial charge in [0.05, 0.1) is 17.9 Å². The molecule has 7 nitrogen and oxygen atoms in total. The highest BCUT2D eigenvalue weighted by Crippen LogP contribution is 2.35. The number of aliphatic carboxylic acids is 1. The van der Waals surface area contributed by atoms with E-state index in [0.717, 1.165) is 10.4 Å². The molecule has 1 aromatic carbocycles. The first kappa shape index (κ1) is 24.3. The number of thioether (sulfide) groups is 1. The quantitative estimate of drug-likeness (QED) is 0.509. The third-order valence-electron chi connectivity index (χ3n) is 5.18. The third kappa shape index (κ3) is 6.82. The van der Waals surface area contributed by atoms with Crippen molar-refractivity contribution in [2.24, 2.45) is 0 Å². The zero-order chi connectivity index (χ0) is 22.9. The summed E-state index contributed by atoms with van der Waals surface area (Å²) in [6.07, 6.45) is 1.13. The zero-order valence-corrected chi connectivity index (χ0v) is 19.6. The molecule has 3 rings (SSSR count). The van der Waals surface area contributed by atoms with Gasteiger partial charge in [0.1, 0.15) is 12.6 Å². The average Bonchev–Trinajstić information content (AvgIpc) is 3.27. The first-order valence-corrected chi connectivity index (χ1v) is 12.5. The van der Waals surface area contributed by atoms with E-state index in [-0.39, 0.29) is 24.3 Å². The molecule has 0 spiro atoms. The van der Waals surface area contributed by atoms with Gasteiger partial charge in [-0.15, -0.1) is 23.1 Å². The van der Waals surface area contributed by atoms with Crippen LogP contribution in [-0.4, -0.2) is 65.4 Å². The van der Waals surface area contributed by atoms with Crippen molar-refractivity contribution in [1.29, 1.82) is 0 Å². The topological polar surface area (TPSA) is 95.9 Å². The summed E-state index contributed by atoms with van der Waals surface area (Å²) < 4.78 is 5.25. The number of aryl methyl sites for hydroxylation is 1. The Hall–Kier alpha value is -2.36. The van der Waals surface area contributed by atoms with Crippen LogP contribution in [-0.2, 0) is 25.5 Å². The monoisotopic (exact) mass is 476 g/mol. The van der Waals surface area contributed by atoms with E-state index in [2.05, 4.69) is 5.32 Å². The molecule has 2 aromatic rings. The SMILES string of the molecule is CCOC(=O)[C@H](CCc1ccccc1)N[C@H]1CSC(c2cccs2)CN(CC(=O)O)C1=O. The molecule has 9 heteroatoms. The fraction of sp³-hybridized carbons (Fsp3) is 0.435. The summed E-state index contributed by atoms with van der Waals surface area (Å²) in [5.74, 6) is -1.31. The summed E-state index contributed by atoms with van der Waals surface area (Å²) in [5.41, 5.74) is 1.09. The lowest BCUT2D eigenvalue weighted by Gasteiger charge is -2.26. The number of hydrogen-bond donors (Lipinski definition) is 2. The summed E-state index contributed by atoms with van der Waals surface area (Å²) in [7, 11) is 0. The maximum atomic E-state index is 13.2. The first-order valence-electron chi connectivity index (χ1n) is 10.6. The van der Waals surface area contributed by atoms with E-state index in [1.165, 1.54) is 4.90 Å². The minimum atomic E-state index is -1.06. The Kier molecular flexibility index (Phi) is 9.13. The number of nitrogens with zero attached hydrogens (tertiary/aromatic N) is 1. The molecule has 1 fully saturated rings. The van der Waals surface area contributed by atoms with Crippen molar-refractivity contribution < 1.29 is 24.2 Å². The molecule has 2 N–H and O–H groups in total. The number of carboxylic acids is 1. The number of nitrogens with one attached hydrogen (secondary N) is 1. The normalized spacial score (nSPS) is 19.9. The molecule has 1 aromatic heterocycles. The second-order valence-corrected chi connectivity index (χ2v) is 9.71. The van der Waals surface area contributed by atoms with Crippen LogP contribution in [0.5, 0.6) is 0 Å². The number of esters is 1. The number of benzene rings is 1. The molecule has 172 valence electrons. The average molecular weight is 477 g/mol. The van der Waals surface area contributed by atoms with E-state index in [1.54, 1.807) is 30.0 Å². The van der Waals surface area contributed by atoms with Crippen LogP contribution >= 0.6 is 23.1 Å². The maximum absolute atomic E-state index is 13.2.